The van der Waals surface area contributed by atoms with Crippen LogP contribution in [0.5, 0.6) is 0 Å². The van der Waals surface area contributed by atoms with E-state index in [0.717, 1.165) is 24.2 Å². The van der Waals surface area contributed by atoms with E-state index in [-0.39, 0.29) is 18.5 Å². The van der Waals surface area contributed by atoms with Crippen LogP contribution >= 0.6 is 0 Å². The number of urea groups is 1. The van der Waals surface area contributed by atoms with Gasteiger partial charge in [-0.3, -0.25) is 14.5 Å². The van der Waals surface area contributed by atoms with Crippen molar-refractivity contribution in [3.8, 4) is 0 Å². The van der Waals surface area contributed by atoms with Crippen molar-refractivity contribution >= 4 is 17.8 Å². The highest BCUT2D eigenvalue weighted by molar-refractivity contribution is 6.09. The minimum absolute atomic E-state index is 0.127. The van der Waals surface area contributed by atoms with Crippen LogP contribution in [0.25, 0.3) is 0 Å². The van der Waals surface area contributed by atoms with Gasteiger partial charge in [0.25, 0.3) is 5.91 Å². The van der Waals surface area contributed by atoms with Crippen molar-refractivity contribution in [2.45, 2.75) is 51.1 Å². The molecular weight excluding hydrogens is 318 g/mol. The van der Waals surface area contributed by atoms with Gasteiger partial charge in [-0.1, -0.05) is 50.1 Å². The van der Waals surface area contributed by atoms with E-state index in [1.54, 1.807) is 19.1 Å². The Balaban J connectivity index is 1.67. The molecule has 1 aliphatic heterocycles. The fraction of sp³-hybridized carbons (Fsp3) is 0.526. The molecule has 0 bridgehead atoms. The van der Waals surface area contributed by atoms with Crippen LogP contribution in [-0.4, -0.2) is 35.3 Å². The number of hydrogen-bond donors (Lipinski definition) is 2. The molecule has 1 heterocycles. The topological polar surface area (TPSA) is 78.5 Å². The van der Waals surface area contributed by atoms with Crippen LogP contribution in [0.1, 0.15) is 45.1 Å². The Morgan fingerprint density at radius 1 is 1.24 bits per heavy atom. The van der Waals surface area contributed by atoms with Crippen LogP contribution in [0.4, 0.5) is 4.79 Å². The predicted octanol–water partition coefficient (Wildman–Crippen LogP) is 2.15. The number of benzene rings is 1. The third-order valence-electron chi connectivity index (χ3n) is 5.39. The normalized spacial score (nSPS) is 29.4. The maximum absolute atomic E-state index is 12.8. The molecular formula is C19H25N3O3. The average molecular weight is 343 g/mol. The minimum atomic E-state index is -1.13. The van der Waals surface area contributed by atoms with Gasteiger partial charge in [-0.15, -0.1) is 0 Å². The van der Waals surface area contributed by atoms with Crippen molar-refractivity contribution in [2.24, 2.45) is 5.92 Å². The van der Waals surface area contributed by atoms with E-state index >= 15 is 0 Å². The van der Waals surface area contributed by atoms with Crippen molar-refractivity contribution in [1.82, 2.24) is 15.5 Å². The zero-order chi connectivity index (χ0) is 18.0. The number of carbonyl (C=O) groups excluding carboxylic acids is 3. The maximum atomic E-state index is 12.8. The highest BCUT2D eigenvalue weighted by Crippen LogP contribution is 2.28. The van der Waals surface area contributed by atoms with E-state index in [9.17, 15) is 14.4 Å². The van der Waals surface area contributed by atoms with Crippen LogP contribution < -0.4 is 10.6 Å². The van der Waals surface area contributed by atoms with Gasteiger partial charge < -0.3 is 10.6 Å². The average Bonchev–Trinajstić information content (AvgIpc) is 2.82. The third-order valence-corrected chi connectivity index (χ3v) is 5.39. The molecule has 134 valence electrons. The summed E-state index contributed by atoms with van der Waals surface area (Å²) in [6.07, 6.45) is 4.34. The van der Waals surface area contributed by atoms with Crippen LogP contribution in [0.15, 0.2) is 30.3 Å². The smallest absolute Gasteiger partial charge is 0.325 e. The molecule has 1 saturated carbocycles. The molecule has 3 rings (SSSR count). The highest BCUT2D eigenvalue weighted by atomic mass is 16.2. The zero-order valence-corrected chi connectivity index (χ0v) is 14.7. The van der Waals surface area contributed by atoms with E-state index in [0.29, 0.717) is 11.5 Å². The minimum Gasteiger partial charge on any atom is -0.352 e. The number of nitrogens with zero attached hydrogens (tertiary/aromatic N) is 1. The van der Waals surface area contributed by atoms with Crippen molar-refractivity contribution < 1.29 is 14.4 Å². The summed E-state index contributed by atoms with van der Waals surface area (Å²) in [6, 6.07) is 8.69. The zero-order valence-electron chi connectivity index (χ0n) is 14.7. The summed E-state index contributed by atoms with van der Waals surface area (Å²) in [7, 11) is 0. The Morgan fingerprint density at radius 2 is 1.92 bits per heavy atom. The molecule has 2 fully saturated rings. The molecule has 6 nitrogen and oxygen atoms in total. The van der Waals surface area contributed by atoms with Gasteiger partial charge in [-0.25, -0.2) is 4.79 Å². The SMILES string of the molecule is C[C@H]1CCCC[C@@H]1NC(=O)CN1C(=O)N[C@](C)(c2ccccc2)C1=O. The molecule has 2 N–H and O–H groups in total. The van der Waals surface area contributed by atoms with E-state index in [4.69, 9.17) is 0 Å². The first-order valence-electron chi connectivity index (χ1n) is 8.91. The Morgan fingerprint density at radius 3 is 2.60 bits per heavy atom. The quantitative estimate of drug-likeness (QED) is 0.822. The molecule has 1 aromatic rings. The van der Waals surface area contributed by atoms with Crippen molar-refractivity contribution in [2.75, 3.05) is 6.54 Å². The number of nitrogens with one attached hydrogen (secondary N) is 2. The fourth-order valence-corrected chi connectivity index (χ4v) is 3.73. The molecule has 0 spiro atoms. The highest BCUT2D eigenvalue weighted by Gasteiger charge is 2.49. The summed E-state index contributed by atoms with van der Waals surface area (Å²) >= 11 is 0. The molecule has 2 aliphatic rings. The van der Waals surface area contributed by atoms with Crippen LogP contribution in [0.3, 0.4) is 0 Å². The largest absolute Gasteiger partial charge is 0.352 e. The van der Waals surface area contributed by atoms with E-state index in [1.165, 1.54) is 6.42 Å². The molecule has 0 unspecified atom stereocenters. The molecule has 25 heavy (non-hydrogen) atoms. The molecule has 6 heteroatoms. The van der Waals surface area contributed by atoms with Gasteiger partial charge in [0.1, 0.15) is 12.1 Å². The molecule has 1 saturated heterocycles. The lowest BCUT2D eigenvalue weighted by Crippen LogP contribution is -2.47. The summed E-state index contributed by atoms with van der Waals surface area (Å²) in [6.45, 7) is 3.56. The molecule has 0 aromatic heterocycles. The molecule has 4 amide bonds. The molecule has 1 aromatic carbocycles. The predicted molar refractivity (Wildman–Crippen MR) is 93.6 cm³/mol. The first kappa shape index (κ1) is 17.5. The van der Waals surface area contributed by atoms with E-state index < -0.39 is 17.5 Å². The standard InChI is InChI=1S/C19H25N3O3/c1-13-8-6-7-11-15(13)20-16(23)12-22-17(24)19(2,21-18(22)25)14-9-4-3-5-10-14/h3-5,9-10,13,15H,6-8,11-12H2,1-2H3,(H,20,23)(H,21,25)/t13-,15-,19+/m0/s1. The van der Waals surface area contributed by atoms with Gasteiger partial charge in [0, 0.05) is 6.04 Å². The Labute approximate surface area is 148 Å². The Hall–Kier alpha value is -2.37. The first-order chi connectivity index (χ1) is 11.9. The third kappa shape index (κ3) is 3.38. The second-order valence-electron chi connectivity index (χ2n) is 7.25. The maximum Gasteiger partial charge on any atom is 0.325 e. The van der Waals surface area contributed by atoms with Crippen LogP contribution in [-0.2, 0) is 15.1 Å². The van der Waals surface area contributed by atoms with Crippen molar-refractivity contribution in [3.63, 3.8) is 0 Å². The summed E-state index contributed by atoms with van der Waals surface area (Å²) in [5.74, 6) is -0.245. The molecule has 0 radical (unpaired) electrons. The van der Waals surface area contributed by atoms with Gasteiger partial charge in [0.05, 0.1) is 0 Å². The lowest BCUT2D eigenvalue weighted by atomic mass is 9.86. The summed E-state index contributed by atoms with van der Waals surface area (Å²) < 4.78 is 0. The number of hydrogen-bond acceptors (Lipinski definition) is 3. The lowest BCUT2D eigenvalue weighted by molar-refractivity contribution is -0.135. The molecule has 1 aliphatic carbocycles. The first-order valence-corrected chi connectivity index (χ1v) is 8.91. The van der Waals surface area contributed by atoms with Crippen LogP contribution in [0, 0.1) is 5.92 Å². The summed E-state index contributed by atoms with van der Waals surface area (Å²) in [5, 5.41) is 5.71. The van der Waals surface area contributed by atoms with Gasteiger partial charge in [-0.2, -0.15) is 0 Å². The van der Waals surface area contributed by atoms with E-state index in [1.807, 2.05) is 18.2 Å². The summed E-state index contributed by atoms with van der Waals surface area (Å²) in [4.78, 5) is 38.4. The summed E-state index contributed by atoms with van der Waals surface area (Å²) in [5.41, 5.74) is -0.423. The number of rotatable bonds is 4. The van der Waals surface area contributed by atoms with Crippen LogP contribution in [0.2, 0.25) is 0 Å². The van der Waals surface area contributed by atoms with Crippen molar-refractivity contribution in [1.29, 1.82) is 0 Å². The number of imide groups is 1. The second kappa shape index (κ2) is 6.86. The Kier molecular flexibility index (Phi) is 4.79. The second-order valence-corrected chi connectivity index (χ2v) is 7.25. The number of carbonyl (C=O) groups is 3. The van der Waals surface area contributed by atoms with Gasteiger partial charge in [0.15, 0.2) is 0 Å². The lowest BCUT2D eigenvalue weighted by Gasteiger charge is -2.30. The van der Waals surface area contributed by atoms with E-state index in [2.05, 4.69) is 17.6 Å². The van der Waals surface area contributed by atoms with Gasteiger partial charge in [-0.05, 0) is 31.2 Å². The fourth-order valence-electron chi connectivity index (χ4n) is 3.73. The molecule has 3 atom stereocenters. The van der Waals surface area contributed by atoms with Gasteiger partial charge in [0.2, 0.25) is 5.91 Å². The van der Waals surface area contributed by atoms with Crippen molar-refractivity contribution in [3.05, 3.63) is 35.9 Å². The Bertz CT molecular complexity index is 676. The van der Waals surface area contributed by atoms with Gasteiger partial charge >= 0.3 is 6.03 Å². The number of amides is 4. The monoisotopic (exact) mass is 343 g/mol.